The molecule has 102 valence electrons. The number of hydrogen-bond donors (Lipinski definition) is 1. The van der Waals surface area contributed by atoms with Crippen LogP contribution in [0, 0.1) is 0 Å². The summed E-state index contributed by atoms with van der Waals surface area (Å²) in [5.41, 5.74) is 1.71. The van der Waals surface area contributed by atoms with E-state index >= 15 is 0 Å². The normalized spacial score (nSPS) is 10.5. The number of aryl methyl sites for hydroxylation is 1. The van der Waals surface area contributed by atoms with Gasteiger partial charge < -0.3 is 19.1 Å². The Bertz CT molecular complexity index is 537. The van der Waals surface area contributed by atoms with Crippen LogP contribution in [-0.4, -0.2) is 21.8 Å². The van der Waals surface area contributed by atoms with Crippen LogP contribution in [0.1, 0.15) is 18.2 Å². The van der Waals surface area contributed by atoms with Crippen LogP contribution in [0.5, 0.6) is 11.5 Å². The van der Waals surface area contributed by atoms with Crippen LogP contribution in [0.2, 0.25) is 0 Å². The fraction of sp³-hybridized carbons (Fsp3) is 0.357. The van der Waals surface area contributed by atoms with Crippen LogP contribution in [0.25, 0.3) is 0 Å². The number of imidazole rings is 1. The van der Waals surface area contributed by atoms with Gasteiger partial charge in [0.15, 0.2) is 0 Å². The van der Waals surface area contributed by atoms with Crippen molar-refractivity contribution >= 4 is 0 Å². The van der Waals surface area contributed by atoms with E-state index in [1.54, 1.807) is 31.8 Å². The molecule has 2 aromatic rings. The first kappa shape index (κ1) is 13.4. The van der Waals surface area contributed by atoms with E-state index < -0.39 is 0 Å². The molecule has 0 radical (unpaired) electrons. The summed E-state index contributed by atoms with van der Waals surface area (Å²) in [5.74, 6) is 1.36. The SMILES string of the molecule is CCn1cncc1COc1ccc(OC)cc1CO. The second-order valence-electron chi connectivity index (χ2n) is 4.09. The van der Waals surface area contributed by atoms with Gasteiger partial charge in [-0.2, -0.15) is 0 Å². The monoisotopic (exact) mass is 262 g/mol. The molecule has 0 spiro atoms. The van der Waals surface area contributed by atoms with Crippen LogP contribution in [-0.2, 0) is 19.8 Å². The number of hydrogen-bond acceptors (Lipinski definition) is 4. The Kier molecular flexibility index (Phi) is 4.41. The van der Waals surface area contributed by atoms with Crippen LogP contribution < -0.4 is 9.47 Å². The van der Waals surface area contributed by atoms with Gasteiger partial charge in [-0.3, -0.25) is 0 Å². The third-order valence-corrected chi connectivity index (χ3v) is 2.95. The number of aromatic nitrogens is 2. The molecule has 0 fully saturated rings. The number of aliphatic hydroxyl groups is 1. The molecule has 1 aromatic heterocycles. The molecule has 2 rings (SSSR count). The van der Waals surface area contributed by atoms with Crippen molar-refractivity contribution in [3.63, 3.8) is 0 Å². The van der Waals surface area contributed by atoms with E-state index in [9.17, 15) is 5.11 Å². The molecule has 0 bridgehead atoms. The van der Waals surface area contributed by atoms with Crippen molar-refractivity contribution in [3.8, 4) is 11.5 Å². The van der Waals surface area contributed by atoms with Gasteiger partial charge in [0.25, 0.3) is 0 Å². The Morgan fingerprint density at radius 3 is 2.89 bits per heavy atom. The van der Waals surface area contributed by atoms with Crippen molar-refractivity contribution < 1.29 is 14.6 Å². The quantitative estimate of drug-likeness (QED) is 0.865. The topological polar surface area (TPSA) is 56.5 Å². The molecule has 1 heterocycles. The average molecular weight is 262 g/mol. The Labute approximate surface area is 112 Å². The third-order valence-electron chi connectivity index (χ3n) is 2.95. The van der Waals surface area contributed by atoms with Gasteiger partial charge in [-0.15, -0.1) is 0 Å². The first-order chi connectivity index (χ1) is 9.28. The zero-order chi connectivity index (χ0) is 13.7. The molecule has 0 atom stereocenters. The molecule has 5 heteroatoms. The van der Waals surface area contributed by atoms with E-state index in [4.69, 9.17) is 9.47 Å². The summed E-state index contributed by atoms with van der Waals surface area (Å²) in [6.45, 7) is 3.25. The van der Waals surface area contributed by atoms with Crippen molar-refractivity contribution in [2.45, 2.75) is 26.7 Å². The first-order valence-electron chi connectivity index (χ1n) is 6.18. The molecule has 0 aliphatic heterocycles. The van der Waals surface area contributed by atoms with Crippen LogP contribution in [0.15, 0.2) is 30.7 Å². The van der Waals surface area contributed by atoms with Crippen LogP contribution >= 0.6 is 0 Å². The highest BCUT2D eigenvalue weighted by atomic mass is 16.5. The minimum atomic E-state index is -0.0838. The van der Waals surface area contributed by atoms with Gasteiger partial charge >= 0.3 is 0 Å². The summed E-state index contributed by atoms with van der Waals surface area (Å²) in [5, 5.41) is 9.34. The van der Waals surface area contributed by atoms with Crippen LogP contribution in [0.4, 0.5) is 0 Å². The molecule has 19 heavy (non-hydrogen) atoms. The third kappa shape index (κ3) is 3.06. The summed E-state index contributed by atoms with van der Waals surface area (Å²) >= 11 is 0. The smallest absolute Gasteiger partial charge is 0.130 e. The lowest BCUT2D eigenvalue weighted by Crippen LogP contribution is -2.05. The van der Waals surface area contributed by atoms with E-state index in [2.05, 4.69) is 11.9 Å². The highest BCUT2D eigenvalue weighted by molar-refractivity contribution is 5.39. The summed E-state index contributed by atoms with van der Waals surface area (Å²) < 4.78 is 12.9. The number of benzene rings is 1. The lowest BCUT2D eigenvalue weighted by molar-refractivity contribution is 0.254. The molecule has 1 aromatic carbocycles. The molecule has 1 N–H and O–H groups in total. The van der Waals surface area contributed by atoms with Gasteiger partial charge in [0.05, 0.1) is 31.9 Å². The van der Waals surface area contributed by atoms with Crippen molar-refractivity contribution in [1.82, 2.24) is 9.55 Å². The standard InChI is InChI=1S/C14H18N2O3/c1-3-16-10-15-7-12(16)9-19-14-5-4-13(18-2)6-11(14)8-17/h4-7,10,17H,3,8-9H2,1-2H3. The van der Waals surface area contributed by atoms with E-state index in [0.717, 1.165) is 12.2 Å². The van der Waals surface area contributed by atoms with Crippen molar-refractivity contribution in [3.05, 3.63) is 42.0 Å². The summed E-state index contributed by atoms with van der Waals surface area (Å²) in [6, 6.07) is 5.38. The lowest BCUT2D eigenvalue weighted by atomic mass is 10.2. The molecular weight excluding hydrogens is 244 g/mol. The maximum Gasteiger partial charge on any atom is 0.130 e. The van der Waals surface area contributed by atoms with Crippen molar-refractivity contribution in [2.75, 3.05) is 7.11 Å². The highest BCUT2D eigenvalue weighted by Crippen LogP contribution is 2.25. The minimum Gasteiger partial charge on any atom is -0.497 e. The van der Waals surface area contributed by atoms with Gasteiger partial charge in [0.1, 0.15) is 18.1 Å². The molecule has 0 unspecified atom stereocenters. The van der Waals surface area contributed by atoms with Gasteiger partial charge in [-0.25, -0.2) is 4.98 Å². The molecule has 0 saturated heterocycles. The lowest BCUT2D eigenvalue weighted by Gasteiger charge is -2.12. The number of nitrogens with zero attached hydrogens (tertiary/aromatic N) is 2. The summed E-state index contributed by atoms with van der Waals surface area (Å²) in [6.07, 6.45) is 3.56. The molecule has 0 saturated carbocycles. The van der Waals surface area contributed by atoms with Crippen molar-refractivity contribution in [1.29, 1.82) is 0 Å². The van der Waals surface area contributed by atoms with E-state index in [1.165, 1.54) is 0 Å². The van der Waals surface area contributed by atoms with Crippen LogP contribution in [0.3, 0.4) is 0 Å². The fourth-order valence-electron chi connectivity index (χ4n) is 1.85. The van der Waals surface area contributed by atoms with Crippen molar-refractivity contribution in [2.24, 2.45) is 0 Å². The second-order valence-corrected chi connectivity index (χ2v) is 4.09. The first-order valence-corrected chi connectivity index (χ1v) is 6.18. The van der Waals surface area contributed by atoms with Gasteiger partial charge in [0.2, 0.25) is 0 Å². The number of methoxy groups -OCH3 is 1. The Hall–Kier alpha value is -2.01. The number of rotatable bonds is 6. The Balaban J connectivity index is 2.11. The predicted molar refractivity (Wildman–Crippen MR) is 71.1 cm³/mol. The van der Waals surface area contributed by atoms with E-state index in [-0.39, 0.29) is 6.61 Å². The molecule has 0 aliphatic carbocycles. The molecule has 0 amide bonds. The minimum absolute atomic E-state index is 0.0838. The number of aliphatic hydroxyl groups excluding tert-OH is 1. The Morgan fingerprint density at radius 2 is 2.21 bits per heavy atom. The fourth-order valence-corrected chi connectivity index (χ4v) is 1.85. The van der Waals surface area contributed by atoms with E-state index in [1.807, 2.05) is 10.6 Å². The Morgan fingerprint density at radius 1 is 1.37 bits per heavy atom. The molecular formula is C14H18N2O3. The number of ether oxygens (including phenoxy) is 2. The average Bonchev–Trinajstić information content (AvgIpc) is 2.92. The zero-order valence-corrected chi connectivity index (χ0v) is 11.2. The summed E-state index contributed by atoms with van der Waals surface area (Å²) in [4.78, 5) is 4.09. The zero-order valence-electron chi connectivity index (χ0n) is 11.2. The maximum atomic E-state index is 9.34. The van der Waals surface area contributed by atoms with Gasteiger partial charge in [-0.05, 0) is 25.1 Å². The maximum absolute atomic E-state index is 9.34. The molecule has 5 nitrogen and oxygen atoms in total. The van der Waals surface area contributed by atoms with E-state index in [0.29, 0.717) is 23.7 Å². The second kappa shape index (κ2) is 6.24. The van der Waals surface area contributed by atoms with Gasteiger partial charge in [0, 0.05) is 12.1 Å². The highest BCUT2D eigenvalue weighted by Gasteiger charge is 2.07. The largest absolute Gasteiger partial charge is 0.497 e. The summed E-state index contributed by atoms with van der Waals surface area (Å²) in [7, 11) is 1.59. The predicted octanol–water partition coefficient (Wildman–Crippen LogP) is 1.98. The molecule has 0 aliphatic rings. The van der Waals surface area contributed by atoms with Gasteiger partial charge in [-0.1, -0.05) is 0 Å².